The van der Waals surface area contributed by atoms with Crippen molar-refractivity contribution in [1.29, 1.82) is 0 Å². The number of nitrogens with one attached hydrogen (secondary N) is 1. The predicted octanol–water partition coefficient (Wildman–Crippen LogP) is 3.69. The number of amides is 2. The number of anilines is 1. The van der Waals surface area contributed by atoms with Gasteiger partial charge in [0.25, 0.3) is 0 Å². The molecule has 0 radical (unpaired) electrons. The summed E-state index contributed by atoms with van der Waals surface area (Å²) in [4.78, 5) is 14.6. The Kier molecular flexibility index (Phi) is 7.19. The van der Waals surface area contributed by atoms with Crippen molar-refractivity contribution in [3.8, 4) is 0 Å². The molecule has 0 spiro atoms. The number of hydrogen-bond donors (Lipinski definition) is 2. The fourth-order valence-corrected chi connectivity index (χ4v) is 2.89. The summed E-state index contributed by atoms with van der Waals surface area (Å²) >= 11 is 7.82. The lowest BCUT2D eigenvalue weighted by molar-refractivity contribution is 0.192. The molecular weight excluding hydrogens is 296 g/mol. The molecule has 20 heavy (non-hydrogen) atoms. The summed E-state index contributed by atoms with van der Waals surface area (Å²) in [7, 11) is 0. The largest absolute Gasteiger partial charge is 0.395 e. The van der Waals surface area contributed by atoms with E-state index < -0.39 is 0 Å². The molecule has 6 heteroatoms. The van der Waals surface area contributed by atoms with E-state index in [2.05, 4.69) is 19.2 Å². The Bertz CT molecular complexity index is 455. The highest BCUT2D eigenvalue weighted by Gasteiger charge is 2.15. The summed E-state index contributed by atoms with van der Waals surface area (Å²) in [6.45, 7) is 6.82. The topological polar surface area (TPSA) is 52.6 Å². The van der Waals surface area contributed by atoms with Crippen molar-refractivity contribution in [1.82, 2.24) is 4.90 Å². The molecule has 112 valence electrons. The summed E-state index contributed by atoms with van der Waals surface area (Å²) in [6.07, 6.45) is 0. The van der Waals surface area contributed by atoms with E-state index in [0.717, 1.165) is 4.90 Å². The molecule has 2 amide bonds. The standard InChI is InChI=1S/C14H21ClN2O2S/c1-4-17(8-9-18)14(19)16-12-7-5-6-11(15)13(12)20-10(2)3/h5-7,10,18H,4,8-9H2,1-3H3,(H,16,19). The van der Waals surface area contributed by atoms with Gasteiger partial charge in [-0.3, -0.25) is 0 Å². The first-order valence-corrected chi connectivity index (χ1v) is 7.87. The van der Waals surface area contributed by atoms with Gasteiger partial charge in [-0.15, -0.1) is 11.8 Å². The smallest absolute Gasteiger partial charge is 0.321 e. The Labute approximate surface area is 129 Å². The normalized spacial score (nSPS) is 10.7. The van der Waals surface area contributed by atoms with Gasteiger partial charge in [-0.2, -0.15) is 0 Å². The van der Waals surface area contributed by atoms with Crippen molar-refractivity contribution in [2.45, 2.75) is 30.9 Å². The van der Waals surface area contributed by atoms with Gasteiger partial charge in [0.2, 0.25) is 0 Å². The zero-order valence-electron chi connectivity index (χ0n) is 12.0. The first-order valence-electron chi connectivity index (χ1n) is 6.61. The Hall–Kier alpha value is -0.910. The van der Waals surface area contributed by atoms with Crippen LogP contribution >= 0.6 is 23.4 Å². The van der Waals surface area contributed by atoms with E-state index in [0.29, 0.717) is 29.0 Å². The van der Waals surface area contributed by atoms with Gasteiger partial charge in [-0.1, -0.05) is 31.5 Å². The van der Waals surface area contributed by atoms with Crippen molar-refractivity contribution in [3.05, 3.63) is 23.2 Å². The van der Waals surface area contributed by atoms with Crippen LogP contribution in [0.25, 0.3) is 0 Å². The van der Waals surface area contributed by atoms with Gasteiger partial charge in [0, 0.05) is 23.2 Å². The first kappa shape index (κ1) is 17.1. The van der Waals surface area contributed by atoms with Crippen LogP contribution < -0.4 is 5.32 Å². The minimum Gasteiger partial charge on any atom is -0.395 e. The molecular formula is C14H21ClN2O2S. The number of benzene rings is 1. The van der Waals surface area contributed by atoms with Gasteiger partial charge in [0.15, 0.2) is 0 Å². The number of thioether (sulfide) groups is 1. The van der Waals surface area contributed by atoms with Gasteiger partial charge in [-0.25, -0.2) is 4.79 Å². The molecule has 1 aromatic carbocycles. The summed E-state index contributed by atoms with van der Waals surface area (Å²) in [5.41, 5.74) is 0.706. The minimum atomic E-state index is -0.227. The highest BCUT2D eigenvalue weighted by atomic mass is 35.5. The summed E-state index contributed by atoms with van der Waals surface area (Å²) in [6, 6.07) is 5.23. The Morgan fingerprint density at radius 3 is 2.75 bits per heavy atom. The number of nitrogens with zero attached hydrogens (tertiary/aromatic N) is 1. The zero-order valence-corrected chi connectivity index (χ0v) is 13.6. The molecule has 0 fully saturated rings. The number of hydrogen-bond acceptors (Lipinski definition) is 3. The van der Waals surface area contributed by atoms with E-state index in [1.807, 2.05) is 25.1 Å². The molecule has 1 rings (SSSR count). The maximum Gasteiger partial charge on any atom is 0.321 e. The average Bonchev–Trinajstić information content (AvgIpc) is 2.39. The monoisotopic (exact) mass is 316 g/mol. The second kappa shape index (κ2) is 8.39. The SMILES string of the molecule is CCN(CCO)C(=O)Nc1cccc(Cl)c1SC(C)C. The van der Waals surface area contributed by atoms with Crippen molar-refractivity contribution in [2.75, 3.05) is 25.0 Å². The molecule has 0 aliphatic heterocycles. The quantitative estimate of drug-likeness (QED) is 0.787. The third-order valence-electron chi connectivity index (χ3n) is 2.60. The lowest BCUT2D eigenvalue weighted by Gasteiger charge is -2.21. The van der Waals surface area contributed by atoms with Crippen LogP contribution in [0.3, 0.4) is 0 Å². The van der Waals surface area contributed by atoms with Gasteiger partial charge >= 0.3 is 6.03 Å². The van der Waals surface area contributed by atoms with Crippen LogP contribution in [-0.4, -0.2) is 41.0 Å². The third-order valence-corrected chi connectivity index (χ3v) is 4.17. The molecule has 0 unspecified atom stereocenters. The van der Waals surface area contributed by atoms with Crippen molar-refractivity contribution in [2.24, 2.45) is 0 Å². The second-order valence-electron chi connectivity index (χ2n) is 4.52. The molecule has 0 heterocycles. The predicted molar refractivity (Wildman–Crippen MR) is 85.8 cm³/mol. The number of halogens is 1. The number of aliphatic hydroxyl groups is 1. The van der Waals surface area contributed by atoms with Crippen LogP contribution in [0.4, 0.5) is 10.5 Å². The lowest BCUT2D eigenvalue weighted by Crippen LogP contribution is -2.36. The molecule has 0 aliphatic rings. The summed E-state index contributed by atoms with van der Waals surface area (Å²) in [5, 5.41) is 12.8. The average molecular weight is 317 g/mol. The van der Waals surface area contributed by atoms with Crippen molar-refractivity contribution < 1.29 is 9.90 Å². The molecule has 4 nitrogen and oxygen atoms in total. The number of likely N-dealkylation sites (N-methyl/N-ethyl adjacent to an activating group) is 1. The molecule has 0 bridgehead atoms. The highest BCUT2D eigenvalue weighted by Crippen LogP contribution is 2.36. The molecule has 0 saturated carbocycles. The Balaban J connectivity index is 2.91. The first-order chi connectivity index (χ1) is 9.49. The maximum atomic E-state index is 12.1. The number of rotatable bonds is 6. The van der Waals surface area contributed by atoms with Crippen LogP contribution in [0.5, 0.6) is 0 Å². The Morgan fingerprint density at radius 1 is 1.50 bits per heavy atom. The van der Waals surface area contributed by atoms with Crippen LogP contribution in [0.2, 0.25) is 5.02 Å². The van der Waals surface area contributed by atoms with E-state index in [1.165, 1.54) is 0 Å². The lowest BCUT2D eigenvalue weighted by atomic mass is 10.3. The van der Waals surface area contributed by atoms with E-state index in [-0.39, 0.29) is 12.6 Å². The van der Waals surface area contributed by atoms with Gasteiger partial charge in [0.1, 0.15) is 0 Å². The fraction of sp³-hybridized carbons (Fsp3) is 0.500. The number of aliphatic hydroxyl groups excluding tert-OH is 1. The summed E-state index contributed by atoms with van der Waals surface area (Å²) < 4.78 is 0. The molecule has 0 saturated heterocycles. The van der Waals surface area contributed by atoms with Crippen molar-refractivity contribution in [3.63, 3.8) is 0 Å². The molecule has 2 N–H and O–H groups in total. The Morgan fingerprint density at radius 2 is 2.20 bits per heavy atom. The van der Waals surface area contributed by atoms with E-state index in [9.17, 15) is 4.79 Å². The third kappa shape index (κ3) is 4.89. The number of carbonyl (C=O) groups excluding carboxylic acids is 1. The van der Waals surface area contributed by atoms with Crippen LogP contribution in [0.1, 0.15) is 20.8 Å². The molecule has 1 aromatic rings. The van der Waals surface area contributed by atoms with Crippen molar-refractivity contribution >= 4 is 35.1 Å². The van der Waals surface area contributed by atoms with Gasteiger partial charge in [-0.05, 0) is 19.1 Å². The highest BCUT2D eigenvalue weighted by molar-refractivity contribution is 8.00. The maximum absolute atomic E-state index is 12.1. The summed E-state index contributed by atoms with van der Waals surface area (Å²) in [5.74, 6) is 0. The molecule has 0 atom stereocenters. The van der Waals surface area contributed by atoms with E-state index in [4.69, 9.17) is 16.7 Å². The molecule has 0 aromatic heterocycles. The van der Waals surface area contributed by atoms with Gasteiger partial charge in [0.05, 0.1) is 17.3 Å². The molecule has 0 aliphatic carbocycles. The number of carbonyl (C=O) groups is 1. The van der Waals surface area contributed by atoms with Gasteiger partial charge < -0.3 is 15.3 Å². The second-order valence-corrected chi connectivity index (χ2v) is 6.51. The van der Waals surface area contributed by atoms with Crippen LogP contribution in [0, 0.1) is 0 Å². The van der Waals surface area contributed by atoms with Crippen LogP contribution in [0.15, 0.2) is 23.1 Å². The zero-order chi connectivity index (χ0) is 15.1. The number of urea groups is 1. The minimum absolute atomic E-state index is 0.0512. The fourth-order valence-electron chi connectivity index (χ4n) is 1.68. The van der Waals surface area contributed by atoms with E-state index >= 15 is 0 Å². The van der Waals surface area contributed by atoms with Crippen LogP contribution in [-0.2, 0) is 0 Å². The van der Waals surface area contributed by atoms with E-state index in [1.54, 1.807) is 16.7 Å².